The van der Waals surface area contributed by atoms with Crippen molar-refractivity contribution >= 4 is 17.7 Å². The Morgan fingerprint density at radius 1 is 1.10 bits per heavy atom. The first kappa shape index (κ1) is 18.9. The second-order valence-corrected chi connectivity index (χ2v) is 9.15. The molecule has 0 bridgehead atoms. The van der Waals surface area contributed by atoms with E-state index in [1.807, 2.05) is 11.0 Å². The number of thioether (sulfide) groups is 1. The molecule has 1 saturated heterocycles. The second-order valence-electron chi connectivity index (χ2n) is 8.16. The Hall–Kier alpha value is -2.12. The summed E-state index contributed by atoms with van der Waals surface area (Å²) >= 11 is 1.62. The van der Waals surface area contributed by atoms with Gasteiger partial charge in [-0.05, 0) is 24.8 Å². The molecule has 1 aromatic heterocycles. The molecule has 1 fully saturated rings. The minimum atomic E-state index is -0.0595. The highest BCUT2D eigenvalue weighted by Crippen LogP contribution is 2.34. The van der Waals surface area contributed by atoms with Crippen molar-refractivity contribution in [1.29, 1.82) is 0 Å². The van der Waals surface area contributed by atoms with Crippen molar-refractivity contribution in [3.63, 3.8) is 0 Å². The molecule has 0 spiro atoms. The van der Waals surface area contributed by atoms with Crippen LogP contribution in [0.3, 0.4) is 0 Å². The molecule has 5 rings (SSSR count). The van der Waals surface area contributed by atoms with Gasteiger partial charge in [0.2, 0.25) is 5.91 Å². The van der Waals surface area contributed by atoms with Crippen LogP contribution in [0.1, 0.15) is 35.7 Å². The molecule has 0 N–H and O–H groups in total. The predicted molar refractivity (Wildman–Crippen MR) is 113 cm³/mol. The molecule has 3 aliphatic rings. The molecular formula is C22H26N4O2S. The first-order valence-electron chi connectivity index (χ1n) is 10.5. The van der Waals surface area contributed by atoms with Crippen LogP contribution >= 0.6 is 11.8 Å². The number of piperazine rings is 1. The molecule has 0 radical (unpaired) electrons. The number of hydrogen-bond acceptors (Lipinski definition) is 5. The lowest BCUT2D eigenvalue weighted by Crippen LogP contribution is -2.48. The maximum atomic E-state index is 12.9. The van der Waals surface area contributed by atoms with Crippen LogP contribution in [-0.2, 0) is 24.2 Å². The van der Waals surface area contributed by atoms with Crippen LogP contribution in [-0.4, -0.2) is 57.2 Å². The third kappa shape index (κ3) is 3.73. The molecule has 0 saturated carbocycles. The number of hydrogen-bond donors (Lipinski definition) is 0. The second kappa shape index (κ2) is 7.95. The van der Waals surface area contributed by atoms with Crippen LogP contribution in [0, 0.1) is 0 Å². The van der Waals surface area contributed by atoms with Gasteiger partial charge in [-0.1, -0.05) is 42.1 Å². The van der Waals surface area contributed by atoms with Crippen LogP contribution in [0.15, 0.2) is 40.3 Å². The molecule has 29 heavy (non-hydrogen) atoms. The Labute approximate surface area is 174 Å². The Morgan fingerprint density at radius 2 is 1.90 bits per heavy atom. The van der Waals surface area contributed by atoms with Gasteiger partial charge in [-0.25, -0.2) is 4.98 Å². The minimum absolute atomic E-state index is 0.0595. The van der Waals surface area contributed by atoms with E-state index in [2.05, 4.69) is 29.2 Å². The van der Waals surface area contributed by atoms with E-state index in [1.54, 1.807) is 16.3 Å². The summed E-state index contributed by atoms with van der Waals surface area (Å²) in [5.74, 6) is 0.931. The maximum absolute atomic E-state index is 12.9. The van der Waals surface area contributed by atoms with E-state index in [9.17, 15) is 9.59 Å². The van der Waals surface area contributed by atoms with Gasteiger partial charge in [0, 0.05) is 50.5 Å². The summed E-state index contributed by atoms with van der Waals surface area (Å²) in [6.07, 6.45) is 3.16. The largest absolute Gasteiger partial charge is 0.340 e. The van der Waals surface area contributed by atoms with Gasteiger partial charge in [0.05, 0.1) is 11.7 Å². The summed E-state index contributed by atoms with van der Waals surface area (Å²) in [6, 6.07) is 10.4. The highest BCUT2D eigenvalue weighted by molar-refractivity contribution is 7.99. The number of aryl methyl sites for hydroxylation is 1. The first-order valence-corrected chi connectivity index (χ1v) is 11.5. The van der Waals surface area contributed by atoms with E-state index in [0.29, 0.717) is 6.42 Å². The molecule has 152 valence electrons. The number of carbonyl (C=O) groups excluding carboxylic acids is 1. The van der Waals surface area contributed by atoms with Gasteiger partial charge in [-0.15, -0.1) is 0 Å². The van der Waals surface area contributed by atoms with Crippen molar-refractivity contribution < 1.29 is 4.79 Å². The average Bonchev–Trinajstić information content (AvgIpc) is 3.37. The van der Waals surface area contributed by atoms with Gasteiger partial charge in [-0.3, -0.25) is 19.1 Å². The van der Waals surface area contributed by atoms with Gasteiger partial charge in [0.1, 0.15) is 0 Å². The fourth-order valence-corrected chi connectivity index (χ4v) is 5.78. The number of nitrogens with zero attached hydrogens (tertiary/aromatic N) is 4. The van der Waals surface area contributed by atoms with E-state index in [4.69, 9.17) is 4.98 Å². The zero-order chi connectivity index (χ0) is 19.8. The fraction of sp³-hybridized carbons (Fsp3) is 0.500. The molecule has 2 aliphatic heterocycles. The van der Waals surface area contributed by atoms with Crippen molar-refractivity contribution in [1.82, 2.24) is 19.4 Å². The number of rotatable bonds is 4. The van der Waals surface area contributed by atoms with Crippen molar-refractivity contribution in [3.8, 4) is 0 Å². The molecule has 3 heterocycles. The quantitative estimate of drug-likeness (QED) is 0.723. The Balaban J connectivity index is 1.20. The van der Waals surface area contributed by atoms with E-state index in [-0.39, 0.29) is 17.5 Å². The van der Waals surface area contributed by atoms with Crippen LogP contribution < -0.4 is 5.56 Å². The van der Waals surface area contributed by atoms with Crippen molar-refractivity contribution in [2.75, 3.05) is 31.9 Å². The summed E-state index contributed by atoms with van der Waals surface area (Å²) in [5.41, 5.74) is 3.27. The third-order valence-corrected chi connectivity index (χ3v) is 7.35. The SMILES string of the molecule is O=C(C[C@@H]1CSc2nc3c(c(=O)n21)CCC3)N1CCN(Cc2ccccc2)CC1. The smallest absolute Gasteiger partial charge is 0.257 e. The van der Waals surface area contributed by atoms with E-state index in [0.717, 1.165) is 74.2 Å². The standard InChI is InChI=1S/C22H26N4O2S/c27-20(25-11-9-24(10-12-25)14-16-5-2-1-3-6-16)13-17-15-29-22-23-19-8-4-7-18(19)21(28)26(17)22/h1-3,5-6,17H,4,7-15H2/t17-/m1/s1. The highest BCUT2D eigenvalue weighted by Gasteiger charge is 2.32. The lowest BCUT2D eigenvalue weighted by Gasteiger charge is -2.35. The van der Waals surface area contributed by atoms with Crippen LogP contribution in [0.5, 0.6) is 0 Å². The molecule has 0 unspecified atom stereocenters. The van der Waals surface area contributed by atoms with Gasteiger partial charge < -0.3 is 4.90 Å². The maximum Gasteiger partial charge on any atom is 0.257 e. The molecule has 1 aromatic carbocycles. The lowest BCUT2D eigenvalue weighted by atomic mass is 10.1. The zero-order valence-corrected chi connectivity index (χ0v) is 17.4. The number of amides is 1. The summed E-state index contributed by atoms with van der Waals surface area (Å²) in [6.45, 7) is 4.24. The molecule has 7 heteroatoms. The summed E-state index contributed by atoms with van der Waals surface area (Å²) in [4.78, 5) is 34.9. The number of aromatic nitrogens is 2. The summed E-state index contributed by atoms with van der Waals surface area (Å²) in [7, 11) is 0. The number of benzene rings is 1. The third-order valence-electron chi connectivity index (χ3n) is 6.26. The molecule has 1 aliphatic carbocycles. The number of fused-ring (bicyclic) bond motifs is 2. The Bertz CT molecular complexity index is 967. The zero-order valence-electron chi connectivity index (χ0n) is 16.5. The van der Waals surface area contributed by atoms with Gasteiger partial charge in [0.15, 0.2) is 5.16 Å². The summed E-state index contributed by atoms with van der Waals surface area (Å²) < 4.78 is 1.80. The van der Waals surface area contributed by atoms with E-state index in [1.165, 1.54) is 5.56 Å². The highest BCUT2D eigenvalue weighted by atomic mass is 32.2. The molecule has 6 nitrogen and oxygen atoms in total. The van der Waals surface area contributed by atoms with Crippen molar-refractivity contribution in [2.24, 2.45) is 0 Å². The Kier molecular flexibility index (Phi) is 5.18. The normalized spacial score (nSPS) is 21.2. The fourth-order valence-electron chi connectivity index (χ4n) is 4.63. The van der Waals surface area contributed by atoms with Crippen LogP contribution in [0.2, 0.25) is 0 Å². The van der Waals surface area contributed by atoms with Crippen LogP contribution in [0.25, 0.3) is 0 Å². The molecule has 1 atom stereocenters. The summed E-state index contributed by atoms with van der Waals surface area (Å²) in [5, 5.41) is 0.807. The topological polar surface area (TPSA) is 58.4 Å². The van der Waals surface area contributed by atoms with Crippen molar-refractivity contribution in [2.45, 2.75) is 43.4 Å². The van der Waals surface area contributed by atoms with Gasteiger partial charge >= 0.3 is 0 Å². The van der Waals surface area contributed by atoms with Gasteiger partial charge in [0.25, 0.3) is 5.56 Å². The van der Waals surface area contributed by atoms with Gasteiger partial charge in [-0.2, -0.15) is 0 Å². The Morgan fingerprint density at radius 3 is 2.69 bits per heavy atom. The van der Waals surface area contributed by atoms with Crippen molar-refractivity contribution in [3.05, 3.63) is 57.5 Å². The molecular weight excluding hydrogens is 384 g/mol. The molecule has 2 aromatic rings. The minimum Gasteiger partial charge on any atom is -0.340 e. The van der Waals surface area contributed by atoms with Crippen LogP contribution in [0.4, 0.5) is 0 Å². The number of carbonyl (C=O) groups is 1. The average molecular weight is 411 g/mol. The lowest BCUT2D eigenvalue weighted by molar-refractivity contribution is -0.133. The van der Waals surface area contributed by atoms with E-state index >= 15 is 0 Å². The molecule has 1 amide bonds. The predicted octanol–water partition coefficient (Wildman–Crippen LogP) is 2.11. The van der Waals surface area contributed by atoms with E-state index < -0.39 is 0 Å². The first-order chi connectivity index (χ1) is 14.2. The monoisotopic (exact) mass is 410 g/mol.